The highest BCUT2D eigenvalue weighted by Crippen LogP contribution is 2.09. The number of carbonyl (C=O) groups is 2. The molecule has 0 aliphatic heterocycles. The quantitative estimate of drug-likeness (QED) is 0.481. The van der Waals surface area contributed by atoms with Crippen molar-refractivity contribution in [1.82, 2.24) is 0 Å². The van der Waals surface area contributed by atoms with E-state index in [1.165, 1.54) is 0 Å². The molecule has 0 unspecified atom stereocenters. The molecule has 100 valence electrons. The van der Waals surface area contributed by atoms with Gasteiger partial charge >= 0.3 is 11.9 Å². The molecule has 0 aliphatic carbocycles. The second-order valence-electron chi connectivity index (χ2n) is 5.42. The minimum absolute atomic E-state index is 0.355. The Bertz CT molecular complexity index is 208. The van der Waals surface area contributed by atoms with Crippen LogP contribution < -0.4 is 0 Å². The van der Waals surface area contributed by atoms with Gasteiger partial charge in [0.1, 0.15) is 0 Å². The van der Waals surface area contributed by atoms with Gasteiger partial charge in [0.2, 0.25) is 0 Å². The molecule has 0 saturated heterocycles. The molecule has 0 spiro atoms. The highest BCUT2D eigenvalue weighted by atomic mass is 16.6. The molecule has 0 aromatic carbocycles. The molecular weight excluding hydrogens is 216 g/mol. The van der Waals surface area contributed by atoms with E-state index in [1.807, 2.05) is 0 Å². The fourth-order valence-electron chi connectivity index (χ4n) is 1.54. The normalized spacial score (nSPS) is 10.9. The minimum Gasteiger partial charge on any atom is -0.393 e. The van der Waals surface area contributed by atoms with Gasteiger partial charge in [-0.25, -0.2) is 0 Å². The Hall–Kier alpha value is -0.860. The summed E-state index contributed by atoms with van der Waals surface area (Å²) in [6, 6.07) is 0. The molecule has 0 bridgehead atoms. The standard InChI is InChI=1S/C14H26O3/c1-11(2)7-5-9-13(15)17-14(16)10-6-8-12(3)4/h11-12H,5-10H2,1-4H3. The van der Waals surface area contributed by atoms with E-state index in [-0.39, 0.29) is 11.9 Å². The molecule has 0 saturated carbocycles. The second kappa shape index (κ2) is 9.20. The van der Waals surface area contributed by atoms with E-state index in [0.29, 0.717) is 24.7 Å². The van der Waals surface area contributed by atoms with Crippen LogP contribution in [0.15, 0.2) is 0 Å². The number of rotatable bonds is 8. The van der Waals surface area contributed by atoms with Crippen LogP contribution in [0.2, 0.25) is 0 Å². The van der Waals surface area contributed by atoms with Gasteiger partial charge in [-0.2, -0.15) is 0 Å². The van der Waals surface area contributed by atoms with E-state index in [2.05, 4.69) is 27.7 Å². The zero-order chi connectivity index (χ0) is 13.3. The monoisotopic (exact) mass is 242 g/mol. The molecule has 0 aliphatic rings. The summed E-state index contributed by atoms with van der Waals surface area (Å²) in [6.07, 6.45) is 4.31. The van der Waals surface area contributed by atoms with Crippen LogP contribution in [0.5, 0.6) is 0 Å². The Morgan fingerprint density at radius 3 is 1.47 bits per heavy atom. The van der Waals surface area contributed by atoms with Crippen LogP contribution in [0, 0.1) is 11.8 Å². The summed E-state index contributed by atoms with van der Waals surface area (Å²) in [5.74, 6) is 0.425. The second-order valence-corrected chi connectivity index (χ2v) is 5.42. The van der Waals surface area contributed by atoms with Gasteiger partial charge in [0.05, 0.1) is 0 Å². The Labute approximate surface area is 105 Å². The van der Waals surface area contributed by atoms with Crippen molar-refractivity contribution in [3.8, 4) is 0 Å². The maximum absolute atomic E-state index is 11.3. The largest absolute Gasteiger partial charge is 0.393 e. The van der Waals surface area contributed by atoms with Crippen molar-refractivity contribution in [3.05, 3.63) is 0 Å². The Kier molecular flexibility index (Phi) is 8.73. The van der Waals surface area contributed by atoms with Crippen LogP contribution in [-0.4, -0.2) is 11.9 Å². The lowest BCUT2D eigenvalue weighted by Gasteiger charge is -2.05. The van der Waals surface area contributed by atoms with Crippen molar-refractivity contribution in [2.24, 2.45) is 11.8 Å². The third kappa shape index (κ3) is 11.4. The van der Waals surface area contributed by atoms with Gasteiger partial charge < -0.3 is 4.74 Å². The molecular formula is C14H26O3. The van der Waals surface area contributed by atoms with Crippen LogP contribution in [0.1, 0.15) is 66.2 Å². The van der Waals surface area contributed by atoms with Gasteiger partial charge in [-0.15, -0.1) is 0 Å². The summed E-state index contributed by atoms with van der Waals surface area (Å²) in [4.78, 5) is 22.6. The lowest BCUT2D eigenvalue weighted by molar-refractivity contribution is -0.159. The number of hydrogen-bond acceptors (Lipinski definition) is 3. The topological polar surface area (TPSA) is 43.4 Å². The summed E-state index contributed by atoms with van der Waals surface area (Å²) in [5, 5.41) is 0. The van der Waals surface area contributed by atoms with Crippen LogP contribution in [0.25, 0.3) is 0 Å². The van der Waals surface area contributed by atoms with Crippen molar-refractivity contribution in [3.63, 3.8) is 0 Å². The first-order chi connectivity index (χ1) is 7.91. The maximum atomic E-state index is 11.3. The lowest BCUT2D eigenvalue weighted by atomic mass is 10.1. The first kappa shape index (κ1) is 16.1. The van der Waals surface area contributed by atoms with Gasteiger partial charge in [0.25, 0.3) is 0 Å². The highest BCUT2D eigenvalue weighted by Gasteiger charge is 2.10. The molecule has 0 aromatic heterocycles. The van der Waals surface area contributed by atoms with Gasteiger partial charge in [-0.1, -0.05) is 40.5 Å². The Balaban J connectivity index is 3.56. The summed E-state index contributed by atoms with van der Waals surface area (Å²) in [7, 11) is 0. The molecule has 3 heteroatoms. The van der Waals surface area contributed by atoms with Crippen molar-refractivity contribution in [1.29, 1.82) is 0 Å². The predicted octanol–water partition coefficient (Wildman–Crippen LogP) is 3.71. The fraction of sp³-hybridized carbons (Fsp3) is 0.857. The van der Waals surface area contributed by atoms with E-state index >= 15 is 0 Å². The molecule has 0 heterocycles. The predicted molar refractivity (Wildman–Crippen MR) is 68.5 cm³/mol. The Morgan fingerprint density at radius 2 is 1.18 bits per heavy atom. The molecule has 0 radical (unpaired) electrons. The lowest BCUT2D eigenvalue weighted by Crippen LogP contribution is -2.12. The zero-order valence-corrected chi connectivity index (χ0v) is 11.6. The van der Waals surface area contributed by atoms with E-state index in [0.717, 1.165) is 25.7 Å². The van der Waals surface area contributed by atoms with Crippen molar-refractivity contribution >= 4 is 11.9 Å². The first-order valence-electron chi connectivity index (χ1n) is 6.65. The molecule has 0 rings (SSSR count). The summed E-state index contributed by atoms with van der Waals surface area (Å²) in [6.45, 7) is 8.45. The molecule has 0 aromatic rings. The number of carbonyl (C=O) groups excluding carboxylic acids is 2. The smallest absolute Gasteiger partial charge is 0.313 e. The number of hydrogen-bond donors (Lipinski definition) is 0. The molecule has 0 atom stereocenters. The minimum atomic E-state index is -0.375. The van der Waals surface area contributed by atoms with Crippen molar-refractivity contribution in [2.45, 2.75) is 66.2 Å². The van der Waals surface area contributed by atoms with Gasteiger partial charge in [0, 0.05) is 12.8 Å². The molecule has 3 nitrogen and oxygen atoms in total. The third-order valence-electron chi connectivity index (χ3n) is 2.55. The van der Waals surface area contributed by atoms with Crippen LogP contribution in [-0.2, 0) is 14.3 Å². The number of ether oxygens (including phenoxy) is 1. The maximum Gasteiger partial charge on any atom is 0.313 e. The van der Waals surface area contributed by atoms with Gasteiger partial charge in [0.15, 0.2) is 0 Å². The highest BCUT2D eigenvalue weighted by molar-refractivity contribution is 5.85. The fourth-order valence-corrected chi connectivity index (χ4v) is 1.54. The van der Waals surface area contributed by atoms with E-state index in [9.17, 15) is 9.59 Å². The Morgan fingerprint density at radius 1 is 0.824 bits per heavy atom. The van der Waals surface area contributed by atoms with Crippen molar-refractivity contribution < 1.29 is 14.3 Å². The summed E-state index contributed by atoms with van der Waals surface area (Å²) < 4.78 is 4.74. The average molecular weight is 242 g/mol. The average Bonchev–Trinajstić information content (AvgIpc) is 2.15. The zero-order valence-electron chi connectivity index (χ0n) is 11.6. The SMILES string of the molecule is CC(C)CCCC(=O)OC(=O)CCCC(C)C. The van der Waals surface area contributed by atoms with Gasteiger partial charge in [-0.05, 0) is 24.7 Å². The molecule has 0 N–H and O–H groups in total. The molecule has 0 amide bonds. The third-order valence-corrected chi connectivity index (χ3v) is 2.55. The van der Waals surface area contributed by atoms with Gasteiger partial charge in [-0.3, -0.25) is 9.59 Å². The van der Waals surface area contributed by atoms with Crippen LogP contribution >= 0.6 is 0 Å². The summed E-state index contributed by atoms with van der Waals surface area (Å²) >= 11 is 0. The van der Waals surface area contributed by atoms with Crippen LogP contribution in [0.4, 0.5) is 0 Å². The van der Waals surface area contributed by atoms with E-state index in [4.69, 9.17) is 4.74 Å². The van der Waals surface area contributed by atoms with E-state index < -0.39 is 0 Å². The van der Waals surface area contributed by atoms with Crippen LogP contribution in [0.3, 0.4) is 0 Å². The molecule has 17 heavy (non-hydrogen) atoms. The van der Waals surface area contributed by atoms with E-state index in [1.54, 1.807) is 0 Å². The number of esters is 2. The van der Waals surface area contributed by atoms with Crippen molar-refractivity contribution in [2.75, 3.05) is 0 Å². The molecule has 0 fully saturated rings. The summed E-state index contributed by atoms with van der Waals surface area (Å²) in [5.41, 5.74) is 0. The first-order valence-corrected chi connectivity index (χ1v) is 6.65.